The van der Waals surface area contributed by atoms with Crippen LogP contribution in [0.3, 0.4) is 0 Å². The largest absolute Gasteiger partial charge is 0.461 e. The molecule has 2 unspecified atom stereocenters. The molecule has 0 aliphatic carbocycles. The Morgan fingerprint density at radius 2 is 1.96 bits per heavy atom. The number of halogens is 3. The van der Waals surface area contributed by atoms with Gasteiger partial charge in [0.25, 0.3) is 0 Å². The van der Waals surface area contributed by atoms with Crippen molar-refractivity contribution < 1.29 is 27.5 Å². The third-order valence-corrected chi connectivity index (χ3v) is 3.41. The van der Waals surface area contributed by atoms with Crippen molar-refractivity contribution in [3.05, 3.63) is 48.0 Å². The molecular formula is C17H20F3NO3. The number of amides is 1. The Hall–Kier alpha value is -2.31. The lowest BCUT2D eigenvalue weighted by molar-refractivity contribution is -0.148. The highest BCUT2D eigenvalue weighted by atomic mass is 19.4. The van der Waals surface area contributed by atoms with Crippen LogP contribution in [-0.2, 0) is 26.9 Å². The van der Waals surface area contributed by atoms with Crippen LogP contribution >= 0.6 is 0 Å². The fourth-order valence-corrected chi connectivity index (χ4v) is 2.26. The van der Waals surface area contributed by atoms with E-state index in [1.165, 1.54) is 12.1 Å². The van der Waals surface area contributed by atoms with Crippen LogP contribution in [0.25, 0.3) is 0 Å². The molecule has 2 atom stereocenters. The van der Waals surface area contributed by atoms with Gasteiger partial charge in [0.15, 0.2) is 0 Å². The van der Waals surface area contributed by atoms with E-state index in [0.29, 0.717) is 19.3 Å². The molecule has 0 aliphatic rings. The van der Waals surface area contributed by atoms with Crippen molar-refractivity contribution in [2.75, 3.05) is 6.54 Å². The van der Waals surface area contributed by atoms with E-state index in [0.717, 1.165) is 17.7 Å². The minimum atomic E-state index is -4.35. The van der Waals surface area contributed by atoms with Crippen LogP contribution in [-0.4, -0.2) is 25.0 Å². The summed E-state index contributed by atoms with van der Waals surface area (Å²) in [6.07, 6.45) is -1.68. The Bertz CT molecular complexity index is 555. The zero-order valence-electron chi connectivity index (χ0n) is 13.3. The molecule has 1 N–H and O–H groups in total. The van der Waals surface area contributed by atoms with Crippen LogP contribution < -0.4 is 5.32 Å². The summed E-state index contributed by atoms with van der Waals surface area (Å²) in [5.74, 6) is -0.601. The van der Waals surface area contributed by atoms with Crippen molar-refractivity contribution in [2.45, 2.75) is 32.0 Å². The van der Waals surface area contributed by atoms with Crippen LogP contribution in [0.2, 0.25) is 0 Å². The molecule has 7 heteroatoms. The predicted molar refractivity (Wildman–Crippen MR) is 83.1 cm³/mol. The molecule has 4 nitrogen and oxygen atoms in total. The van der Waals surface area contributed by atoms with Gasteiger partial charge in [0.1, 0.15) is 6.54 Å². The average Bonchev–Trinajstić information content (AvgIpc) is 2.51. The van der Waals surface area contributed by atoms with Gasteiger partial charge in [0.2, 0.25) is 6.41 Å². The second kappa shape index (κ2) is 9.10. The van der Waals surface area contributed by atoms with E-state index in [1.54, 1.807) is 13.0 Å². The molecule has 0 aromatic heterocycles. The SMILES string of the molecule is C=CC(Cc1ccc(C(F)(F)F)cc1)CC(C)OC(=O)CNC=O. The van der Waals surface area contributed by atoms with Crippen LogP contribution in [0.4, 0.5) is 13.2 Å². The first kappa shape index (κ1) is 19.7. The number of allylic oxidation sites excluding steroid dienone is 1. The lowest BCUT2D eigenvalue weighted by atomic mass is 9.93. The summed E-state index contributed by atoms with van der Waals surface area (Å²) in [5.41, 5.74) is 0.0560. The van der Waals surface area contributed by atoms with Crippen molar-refractivity contribution in [1.29, 1.82) is 0 Å². The summed E-state index contributed by atoms with van der Waals surface area (Å²) in [7, 11) is 0. The van der Waals surface area contributed by atoms with Crippen LogP contribution in [0, 0.1) is 5.92 Å². The standard InChI is InChI=1S/C17H20F3NO3/c1-3-13(8-12(2)24-16(23)10-21-11-22)9-14-4-6-15(7-5-14)17(18,19)20/h3-7,11-13H,1,8-10H2,2H3,(H,21,22). The summed E-state index contributed by atoms with van der Waals surface area (Å²) in [6.45, 7) is 5.22. The fraction of sp³-hybridized carbons (Fsp3) is 0.412. The molecule has 132 valence electrons. The Morgan fingerprint density at radius 3 is 2.46 bits per heavy atom. The van der Waals surface area contributed by atoms with Gasteiger partial charge in [0, 0.05) is 0 Å². The predicted octanol–water partition coefficient (Wildman–Crippen LogP) is 3.12. The number of benzene rings is 1. The molecule has 1 rings (SSSR count). The first-order valence-corrected chi connectivity index (χ1v) is 7.41. The number of hydrogen-bond acceptors (Lipinski definition) is 3. The van der Waals surface area contributed by atoms with E-state index in [4.69, 9.17) is 4.74 Å². The van der Waals surface area contributed by atoms with E-state index < -0.39 is 23.8 Å². The molecule has 0 saturated heterocycles. The maximum atomic E-state index is 12.5. The maximum absolute atomic E-state index is 12.5. The second-order valence-electron chi connectivity index (χ2n) is 5.43. The highest BCUT2D eigenvalue weighted by molar-refractivity contribution is 5.74. The van der Waals surface area contributed by atoms with Gasteiger partial charge >= 0.3 is 12.1 Å². The topological polar surface area (TPSA) is 55.4 Å². The van der Waals surface area contributed by atoms with E-state index in [9.17, 15) is 22.8 Å². The van der Waals surface area contributed by atoms with Gasteiger partial charge in [-0.05, 0) is 43.4 Å². The molecule has 24 heavy (non-hydrogen) atoms. The molecule has 1 aromatic carbocycles. The van der Waals surface area contributed by atoms with Crippen molar-refractivity contribution in [3.63, 3.8) is 0 Å². The average molecular weight is 343 g/mol. The zero-order valence-corrected chi connectivity index (χ0v) is 13.3. The Kier molecular flexibility index (Phi) is 7.48. The molecular weight excluding hydrogens is 323 g/mol. The highest BCUT2D eigenvalue weighted by Crippen LogP contribution is 2.29. The molecule has 1 amide bonds. The number of esters is 1. The Morgan fingerprint density at radius 1 is 1.33 bits per heavy atom. The maximum Gasteiger partial charge on any atom is 0.416 e. The fourth-order valence-electron chi connectivity index (χ4n) is 2.26. The van der Waals surface area contributed by atoms with Gasteiger partial charge in [-0.1, -0.05) is 18.2 Å². The minimum Gasteiger partial charge on any atom is -0.461 e. The van der Waals surface area contributed by atoms with Gasteiger partial charge in [-0.25, -0.2) is 0 Å². The quantitative estimate of drug-likeness (QED) is 0.426. The molecule has 1 aromatic rings. The smallest absolute Gasteiger partial charge is 0.416 e. The van der Waals surface area contributed by atoms with Crippen molar-refractivity contribution >= 4 is 12.4 Å². The van der Waals surface area contributed by atoms with Gasteiger partial charge in [-0.3, -0.25) is 9.59 Å². The molecule has 0 aliphatic heterocycles. The molecule has 0 heterocycles. The molecule has 0 spiro atoms. The normalized spacial score (nSPS) is 13.7. The minimum absolute atomic E-state index is 0.0523. The van der Waals surface area contributed by atoms with Crippen molar-refractivity contribution in [3.8, 4) is 0 Å². The number of nitrogens with one attached hydrogen (secondary N) is 1. The number of alkyl halides is 3. The summed E-state index contributed by atoms with van der Waals surface area (Å²) < 4.78 is 42.7. The van der Waals surface area contributed by atoms with Gasteiger partial charge < -0.3 is 10.1 Å². The lowest BCUT2D eigenvalue weighted by Gasteiger charge is -2.19. The zero-order chi connectivity index (χ0) is 18.2. The third-order valence-electron chi connectivity index (χ3n) is 3.41. The highest BCUT2D eigenvalue weighted by Gasteiger charge is 2.30. The monoisotopic (exact) mass is 343 g/mol. The number of hydrogen-bond donors (Lipinski definition) is 1. The van der Waals surface area contributed by atoms with Crippen molar-refractivity contribution in [2.24, 2.45) is 5.92 Å². The van der Waals surface area contributed by atoms with Crippen LogP contribution in [0.15, 0.2) is 36.9 Å². The van der Waals surface area contributed by atoms with Gasteiger partial charge in [-0.2, -0.15) is 13.2 Å². The second-order valence-corrected chi connectivity index (χ2v) is 5.43. The lowest BCUT2D eigenvalue weighted by Crippen LogP contribution is -2.27. The number of rotatable bonds is 9. The molecule has 0 bridgehead atoms. The van der Waals surface area contributed by atoms with Crippen molar-refractivity contribution in [1.82, 2.24) is 5.32 Å². The van der Waals surface area contributed by atoms with E-state index in [1.807, 2.05) is 0 Å². The number of carbonyl (C=O) groups excluding carboxylic acids is 2. The molecule has 0 saturated carbocycles. The summed E-state index contributed by atoms with van der Waals surface area (Å²) in [6, 6.07) is 4.96. The van der Waals surface area contributed by atoms with Gasteiger partial charge in [-0.15, -0.1) is 6.58 Å². The first-order valence-electron chi connectivity index (χ1n) is 7.41. The molecule has 0 radical (unpaired) electrons. The Labute approximate surface area is 138 Å². The Balaban J connectivity index is 2.56. The summed E-state index contributed by atoms with van der Waals surface area (Å²) in [5, 5.41) is 2.21. The van der Waals surface area contributed by atoms with Crippen LogP contribution in [0.5, 0.6) is 0 Å². The van der Waals surface area contributed by atoms with E-state index >= 15 is 0 Å². The third kappa shape index (κ3) is 6.85. The van der Waals surface area contributed by atoms with Gasteiger partial charge in [0.05, 0.1) is 11.7 Å². The summed E-state index contributed by atoms with van der Waals surface area (Å²) >= 11 is 0. The van der Waals surface area contributed by atoms with E-state index in [2.05, 4.69) is 11.9 Å². The van der Waals surface area contributed by atoms with Crippen LogP contribution in [0.1, 0.15) is 24.5 Å². The van der Waals surface area contributed by atoms with E-state index in [-0.39, 0.29) is 12.5 Å². The molecule has 0 fully saturated rings. The summed E-state index contributed by atoms with van der Waals surface area (Å²) in [4.78, 5) is 21.5. The number of ether oxygens (including phenoxy) is 1. The number of carbonyl (C=O) groups is 2. The first-order chi connectivity index (χ1) is 11.3.